The Morgan fingerprint density at radius 2 is 2.08 bits per heavy atom. The molecule has 192 valence electrons. The zero-order valence-corrected chi connectivity index (χ0v) is 21.3. The van der Waals surface area contributed by atoms with Crippen LogP contribution in [0.1, 0.15) is 44.4 Å². The van der Waals surface area contributed by atoms with Gasteiger partial charge in [0.15, 0.2) is 5.01 Å². The monoisotopic (exact) mass is 524 g/mol. The van der Waals surface area contributed by atoms with Crippen LogP contribution in [0, 0.1) is 13.8 Å². The number of rotatable bonds is 7. The Morgan fingerprint density at radius 3 is 2.84 bits per heavy atom. The lowest BCUT2D eigenvalue weighted by Crippen LogP contribution is -2.32. The van der Waals surface area contributed by atoms with Crippen molar-refractivity contribution in [3.05, 3.63) is 51.9 Å². The van der Waals surface area contributed by atoms with Crippen molar-refractivity contribution < 1.29 is 23.2 Å². The van der Waals surface area contributed by atoms with Crippen LogP contribution in [0.3, 0.4) is 0 Å². The first-order valence-corrected chi connectivity index (χ1v) is 12.7. The number of esters is 1. The number of nitrogens with zero attached hydrogens (tertiary/aromatic N) is 5. The number of pyridine rings is 1. The summed E-state index contributed by atoms with van der Waals surface area (Å²) in [5.74, 6) is 0.475. The van der Waals surface area contributed by atoms with Gasteiger partial charge in [-0.1, -0.05) is 24.2 Å². The van der Waals surface area contributed by atoms with Crippen LogP contribution in [0.2, 0.25) is 0 Å². The predicted octanol–water partition coefficient (Wildman–Crippen LogP) is 4.20. The average molecular weight is 525 g/mol. The number of aryl methyl sites for hydroxylation is 2. The van der Waals surface area contributed by atoms with Gasteiger partial charge in [0.05, 0.1) is 24.9 Å². The molecule has 12 heteroatoms. The lowest BCUT2D eigenvalue weighted by Gasteiger charge is -2.17. The Balaban J connectivity index is 1.33. The molecule has 1 aliphatic heterocycles. The van der Waals surface area contributed by atoms with Gasteiger partial charge in [0.25, 0.3) is 5.91 Å². The molecular formula is C25H25FN6O4S. The first-order valence-electron chi connectivity index (χ1n) is 11.9. The first-order chi connectivity index (χ1) is 17.8. The van der Waals surface area contributed by atoms with Crippen LogP contribution >= 0.6 is 11.3 Å². The molecule has 10 nitrogen and oxygen atoms in total. The highest BCUT2D eigenvalue weighted by Gasteiger charge is 2.37. The fraction of sp³-hybridized carbons (Fsp3) is 0.360. The second-order valence-corrected chi connectivity index (χ2v) is 9.78. The minimum atomic E-state index is -1.32. The summed E-state index contributed by atoms with van der Waals surface area (Å²) in [5.41, 5.74) is 1.17. The maximum absolute atomic E-state index is 15.1. The second-order valence-electron chi connectivity index (χ2n) is 8.78. The van der Waals surface area contributed by atoms with Crippen LogP contribution in [0.4, 0.5) is 10.2 Å². The molecule has 0 unspecified atom stereocenters. The highest BCUT2D eigenvalue weighted by molar-refractivity contribution is 7.15. The molecule has 1 N–H and O–H groups in total. The van der Waals surface area contributed by atoms with Crippen molar-refractivity contribution in [3.63, 3.8) is 0 Å². The highest BCUT2D eigenvalue weighted by atomic mass is 32.1. The van der Waals surface area contributed by atoms with Gasteiger partial charge in [0, 0.05) is 30.6 Å². The molecule has 1 amide bonds. The van der Waals surface area contributed by atoms with Crippen molar-refractivity contribution in [1.29, 1.82) is 0 Å². The van der Waals surface area contributed by atoms with E-state index in [0.717, 1.165) is 27.7 Å². The summed E-state index contributed by atoms with van der Waals surface area (Å²) in [6.07, 6.45) is 1.02. The zero-order chi connectivity index (χ0) is 26.1. The maximum Gasteiger partial charge on any atom is 0.350 e. The Hall–Kier alpha value is -3.93. The molecular weight excluding hydrogens is 499 g/mol. The Morgan fingerprint density at radius 1 is 1.24 bits per heavy atom. The molecule has 1 fully saturated rings. The molecule has 37 heavy (non-hydrogen) atoms. The summed E-state index contributed by atoms with van der Waals surface area (Å²) < 4.78 is 25.3. The summed E-state index contributed by atoms with van der Waals surface area (Å²) in [4.78, 5) is 40.0. The third kappa shape index (κ3) is 5.01. The minimum absolute atomic E-state index is 0.0944. The average Bonchev–Trinajstić information content (AvgIpc) is 3.60. The van der Waals surface area contributed by atoms with Gasteiger partial charge in [0.2, 0.25) is 11.7 Å². The van der Waals surface area contributed by atoms with Crippen LogP contribution in [0.15, 0.2) is 35.0 Å². The number of benzene rings is 1. The number of amides is 1. The highest BCUT2D eigenvalue weighted by Crippen LogP contribution is 2.29. The third-order valence-electron chi connectivity index (χ3n) is 6.01. The van der Waals surface area contributed by atoms with E-state index in [1.54, 1.807) is 20.0 Å². The van der Waals surface area contributed by atoms with Gasteiger partial charge in [-0.3, -0.25) is 4.79 Å². The molecule has 0 bridgehead atoms. The van der Waals surface area contributed by atoms with E-state index in [1.807, 2.05) is 31.2 Å². The van der Waals surface area contributed by atoms with E-state index in [2.05, 4.69) is 25.4 Å². The summed E-state index contributed by atoms with van der Waals surface area (Å²) in [6, 6.07) is 6.85. The Kier molecular flexibility index (Phi) is 6.83. The number of halogens is 1. The number of fused-ring (bicyclic) bond motifs is 1. The van der Waals surface area contributed by atoms with E-state index in [0.29, 0.717) is 36.3 Å². The zero-order valence-electron chi connectivity index (χ0n) is 20.5. The maximum atomic E-state index is 15.1. The second kappa shape index (κ2) is 10.2. The number of carbonyl (C=O) groups is 2. The van der Waals surface area contributed by atoms with Crippen LogP contribution in [-0.4, -0.2) is 68.8 Å². The van der Waals surface area contributed by atoms with Crippen molar-refractivity contribution >= 4 is 39.8 Å². The third-order valence-corrected chi connectivity index (χ3v) is 7.14. The standard InChI is InChI=1S/C25H25FN6O4S/c1-4-9-35-25(34)20-13(2)28-23(37-20)24(33)32-11-18(26)19(12-32)30-22-17-10-16(21-29-14(3)36-31-21)6-5-15(17)7-8-27-22/h5-8,10,18-19H,4,9,11-12H2,1-3H3,(H,27,30)/t18-,19-/m1/s1. The number of likely N-dealkylation sites (tertiary alicyclic amines) is 1. The molecule has 0 saturated carbocycles. The summed E-state index contributed by atoms with van der Waals surface area (Å²) >= 11 is 0.971. The molecule has 0 spiro atoms. The first kappa shape index (κ1) is 24.8. The molecule has 2 atom stereocenters. The van der Waals surface area contributed by atoms with Crippen molar-refractivity contribution in [2.24, 2.45) is 0 Å². The van der Waals surface area contributed by atoms with Crippen LogP contribution < -0.4 is 5.32 Å². The van der Waals surface area contributed by atoms with Gasteiger partial charge in [-0.25, -0.2) is 19.2 Å². The fourth-order valence-electron chi connectivity index (χ4n) is 4.15. The SMILES string of the molecule is CCCOC(=O)c1sc(C(=O)N2C[C@@H](F)[C@H](Nc3nccc4ccc(-c5noc(C)n5)cc34)C2)nc1C. The molecule has 5 rings (SSSR count). The van der Waals surface area contributed by atoms with E-state index < -0.39 is 24.1 Å². The molecule has 3 aromatic heterocycles. The van der Waals surface area contributed by atoms with Crippen LogP contribution in [0.25, 0.3) is 22.2 Å². The number of hydrogen-bond donors (Lipinski definition) is 1. The van der Waals surface area contributed by atoms with Gasteiger partial charge in [-0.15, -0.1) is 11.3 Å². The lowest BCUT2D eigenvalue weighted by molar-refractivity contribution is 0.0509. The number of ether oxygens (including phenoxy) is 1. The number of anilines is 1. The number of nitrogens with one attached hydrogen (secondary N) is 1. The van der Waals surface area contributed by atoms with E-state index in [1.165, 1.54) is 4.90 Å². The van der Waals surface area contributed by atoms with Crippen molar-refractivity contribution in [2.75, 3.05) is 25.0 Å². The van der Waals surface area contributed by atoms with E-state index >= 15 is 4.39 Å². The summed E-state index contributed by atoms with van der Waals surface area (Å²) in [5, 5.41) is 8.95. The van der Waals surface area contributed by atoms with Crippen molar-refractivity contribution in [1.82, 2.24) is 25.0 Å². The van der Waals surface area contributed by atoms with Gasteiger partial charge in [-0.05, 0) is 30.9 Å². The molecule has 4 heterocycles. The Bertz CT molecular complexity index is 1470. The van der Waals surface area contributed by atoms with Crippen LogP contribution in [0.5, 0.6) is 0 Å². The number of aromatic nitrogens is 4. The predicted molar refractivity (Wildman–Crippen MR) is 135 cm³/mol. The molecule has 0 radical (unpaired) electrons. The Labute approximate surface area is 215 Å². The lowest BCUT2D eigenvalue weighted by atomic mass is 10.1. The number of thiazole rings is 1. The molecule has 1 aromatic carbocycles. The minimum Gasteiger partial charge on any atom is -0.461 e. The molecule has 4 aromatic rings. The number of carbonyl (C=O) groups excluding carboxylic acids is 2. The molecule has 1 saturated heterocycles. The van der Waals surface area contributed by atoms with E-state index in [-0.39, 0.29) is 23.0 Å². The molecule has 0 aliphatic carbocycles. The van der Waals surface area contributed by atoms with Gasteiger partial charge < -0.3 is 19.5 Å². The topological polar surface area (TPSA) is 123 Å². The molecule has 1 aliphatic rings. The largest absolute Gasteiger partial charge is 0.461 e. The normalized spacial score (nSPS) is 17.4. The summed E-state index contributed by atoms with van der Waals surface area (Å²) in [7, 11) is 0. The number of alkyl halides is 1. The fourth-order valence-corrected chi connectivity index (χ4v) is 5.08. The smallest absolute Gasteiger partial charge is 0.350 e. The van der Waals surface area contributed by atoms with Gasteiger partial charge >= 0.3 is 5.97 Å². The number of hydrogen-bond acceptors (Lipinski definition) is 10. The van der Waals surface area contributed by atoms with Crippen molar-refractivity contribution in [3.8, 4) is 11.4 Å². The quantitative estimate of drug-likeness (QED) is 0.354. The van der Waals surface area contributed by atoms with E-state index in [4.69, 9.17) is 9.26 Å². The van der Waals surface area contributed by atoms with E-state index in [9.17, 15) is 9.59 Å². The van der Waals surface area contributed by atoms with Crippen LogP contribution in [-0.2, 0) is 4.74 Å². The van der Waals surface area contributed by atoms with Crippen molar-refractivity contribution in [2.45, 2.75) is 39.4 Å². The summed E-state index contributed by atoms with van der Waals surface area (Å²) in [6.45, 7) is 5.58. The van der Waals surface area contributed by atoms with Gasteiger partial charge in [-0.2, -0.15) is 4.98 Å². The van der Waals surface area contributed by atoms with Gasteiger partial charge in [0.1, 0.15) is 16.9 Å².